The molecule has 0 amide bonds. The Morgan fingerprint density at radius 1 is 1.25 bits per heavy atom. The predicted molar refractivity (Wildman–Crippen MR) is 100 cm³/mol. The van der Waals surface area contributed by atoms with Gasteiger partial charge in [0.25, 0.3) is 0 Å². The molecule has 0 saturated carbocycles. The number of benzene rings is 1. The van der Waals surface area contributed by atoms with Crippen LogP contribution in [0.3, 0.4) is 0 Å². The molecule has 0 radical (unpaired) electrons. The smallest absolute Gasteiger partial charge is 0.491 e. The maximum atomic E-state index is 11.4. The van der Waals surface area contributed by atoms with E-state index in [9.17, 15) is 9.90 Å². The van der Waals surface area contributed by atoms with E-state index in [4.69, 9.17) is 9.31 Å². The normalized spacial score (nSPS) is 19.6. The second kappa shape index (κ2) is 6.94. The molecule has 0 bridgehead atoms. The first kappa shape index (κ1) is 19.1. The number of carbonyl (C=O) groups is 1. The van der Waals surface area contributed by atoms with Gasteiger partial charge in [-0.1, -0.05) is 29.5 Å². The van der Waals surface area contributed by atoms with Crippen molar-refractivity contribution in [2.45, 2.75) is 52.7 Å². The van der Waals surface area contributed by atoms with Crippen LogP contribution in [0.5, 0.6) is 5.75 Å². The van der Waals surface area contributed by atoms with E-state index < -0.39 is 18.3 Å². The van der Waals surface area contributed by atoms with Gasteiger partial charge < -0.3 is 14.4 Å². The third kappa shape index (κ3) is 4.24. The molecule has 0 aliphatic carbocycles. The van der Waals surface area contributed by atoms with Crippen LogP contribution in [0.1, 0.15) is 45.7 Å². The molecule has 6 heteroatoms. The van der Waals surface area contributed by atoms with Crippen molar-refractivity contribution in [1.82, 2.24) is 0 Å². The minimum atomic E-state index is -0.540. The van der Waals surface area contributed by atoms with Gasteiger partial charge in [0.2, 0.25) is 0 Å². The molecule has 24 heavy (non-hydrogen) atoms. The van der Waals surface area contributed by atoms with Gasteiger partial charge in [-0.05, 0) is 52.2 Å². The van der Waals surface area contributed by atoms with Gasteiger partial charge in [0, 0.05) is 18.2 Å². The molecular weight excluding hydrogens is 323 g/mol. The molecule has 1 N–H and O–H groups in total. The van der Waals surface area contributed by atoms with Crippen LogP contribution in [0.2, 0.25) is 0 Å². The fraction of sp³-hybridized carbons (Fsp3) is 0.500. The van der Waals surface area contributed by atoms with Gasteiger partial charge in [0.1, 0.15) is 5.75 Å². The molecule has 4 nitrogen and oxygen atoms in total. The van der Waals surface area contributed by atoms with E-state index in [-0.39, 0.29) is 10.9 Å². The van der Waals surface area contributed by atoms with Crippen LogP contribution in [0, 0.1) is 6.92 Å². The van der Waals surface area contributed by atoms with E-state index in [1.165, 1.54) is 18.7 Å². The van der Waals surface area contributed by atoms with Crippen molar-refractivity contribution in [3.05, 3.63) is 34.8 Å². The largest absolute Gasteiger partial charge is 0.507 e. The summed E-state index contributed by atoms with van der Waals surface area (Å²) >= 11 is 1.21. The summed E-state index contributed by atoms with van der Waals surface area (Å²) in [5, 5.41) is 10.1. The highest BCUT2D eigenvalue weighted by atomic mass is 32.2. The van der Waals surface area contributed by atoms with E-state index in [2.05, 4.69) is 0 Å². The summed E-state index contributed by atoms with van der Waals surface area (Å²) in [6.07, 6.45) is 1.86. The van der Waals surface area contributed by atoms with Gasteiger partial charge in [-0.15, -0.1) is 0 Å². The first-order chi connectivity index (χ1) is 11.0. The molecule has 1 aliphatic heterocycles. The van der Waals surface area contributed by atoms with Crippen LogP contribution in [0.25, 0.3) is 6.08 Å². The van der Waals surface area contributed by atoms with Gasteiger partial charge in [0.15, 0.2) is 5.12 Å². The monoisotopic (exact) mass is 348 g/mol. The third-order valence-electron chi connectivity index (χ3n) is 4.52. The molecule has 1 fully saturated rings. The molecule has 0 spiro atoms. The van der Waals surface area contributed by atoms with Crippen molar-refractivity contribution in [3.8, 4) is 5.75 Å². The number of phenolic OH excluding ortho intramolecular Hbond substituents is 1. The Hall–Kier alpha value is -1.24. The molecule has 0 unspecified atom stereocenters. The number of phenols is 1. The third-order valence-corrected chi connectivity index (χ3v) is 5.41. The molecule has 1 aliphatic rings. The van der Waals surface area contributed by atoms with Gasteiger partial charge >= 0.3 is 7.12 Å². The maximum absolute atomic E-state index is 11.4. The van der Waals surface area contributed by atoms with E-state index in [1.807, 2.05) is 52.8 Å². The summed E-state index contributed by atoms with van der Waals surface area (Å²) in [4.78, 5) is 11.4. The lowest BCUT2D eigenvalue weighted by molar-refractivity contribution is -0.109. The number of hydrogen-bond donors (Lipinski definition) is 1. The van der Waals surface area contributed by atoms with Crippen molar-refractivity contribution in [1.29, 1.82) is 0 Å². The fourth-order valence-corrected chi connectivity index (χ4v) is 2.94. The Balaban J connectivity index is 2.37. The molecule has 1 heterocycles. The average molecular weight is 348 g/mol. The Morgan fingerprint density at radius 3 is 2.38 bits per heavy atom. The van der Waals surface area contributed by atoms with E-state index in [0.717, 1.165) is 11.0 Å². The van der Waals surface area contributed by atoms with Gasteiger partial charge in [-0.3, -0.25) is 4.79 Å². The molecule has 0 aromatic heterocycles. The van der Waals surface area contributed by atoms with E-state index in [0.29, 0.717) is 11.3 Å². The topological polar surface area (TPSA) is 55.8 Å². The summed E-state index contributed by atoms with van der Waals surface area (Å²) in [5.74, 6) is 0.655. The van der Waals surface area contributed by atoms with Crippen LogP contribution in [-0.4, -0.2) is 34.3 Å². The van der Waals surface area contributed by atoms with Crippen molar-refractivity contribution >= 4 is 30.1 Å². The average Bonchev–Trinajstić information content (AvgIpc) is 2.66. The first-order valence-corrected chi connectivity index (χ1v) is 8.99. The quantitative estimate of drug-likeness (QED) is 0.834. The van der Waals surface area contributed by atoms with Crippen LogP contribution in [0.15, 0.2) is 23.7 Å². The van der Waals surface area contributed by atoms with Crippen LogP contribution in [0.4, 0.5) is 0 Å². The second-order valence-electron chi connectivity index (χ2n) is 7.15. The number of carbonyl (C=O) groups excluding carboxylic acids is 1. The van der Waals surface area contributed by atoms with Gasteiger partial charge in [-0.25, -0.2) is 0 Å². The van der Waals surface area contributed by atoms with Crippen molar-refractivity contribution in [2.75, 3.05) is 5.75 Å². The van der Waals surface area contributed by atoms with Crippen LogP contribution in [-0.2, 0) is 14.1 Å². The Morgan fingerprint density at radius 2 is 1.83 bits per heavy atom. The zero-order valence-electron chi connectivity index (χ0n) is 15.2. The summed E-state index contributed by atoms with van der Waals surface area (Å²) in [5.41, 5.74) is 1.67. The summed E-state index contributed by atoms with van der Waals surface area (Å²) in [6.45, 7) is 11.5. The molecule has 1 saturated heterocycles. The Kier molecular flexibility index (Phi) is 5.52. The summed E-state index contributed by atoms with van der Waals surface area (Å²) < 4.78 is 12.2. The highest BCUT2D eigenvalue weighted by molar-refractivity contribution is 8.13. The van der Waals surface area contributed by atoms with Crippen LogP contribution >= 0.6 is 11.8 Å². The minimum Gasteiger partial charge on any atom is -0.507 e. The fourth-order valence-electron chi connectivity index (χ4n) is 2.35. The maximum Gasteiger partial charge on any atom is 0.491 e. The minimum absolute atomic E-state index is 0.0332. The molecule has 0 atom stereocenters. The van der Waals surface area contributed by atoms with Gasteiger partial charge in [-0.2, -0.15) is 0 Å². The standard InChI is InChI=1S/C18H25BO4S/c1-12-7-8-16(21)14(9-12)10-15(11-24-13(2)20)19-22-17(3,4)18(5,6)23-19/h7-10,21H,11H2,1-6H3. The van der Waals surface area contributed by atoms with Crippen LogP contribution < -0.4 is 0 Å². The summed E-state index contributed by atoms with van der Waals surface area (Å²) in [7, 11) is -0.540. The predicted octanol–water partition coefficient (Wildman–Crippen LogP) is 4.00. The van der Waals surface area contributed by atoms with E-state index >= 15 is 0 Å². The molecule has 1 aromatic rings. The lowest BCUT2D eigenvalue weighted by Crippen LogP contribution is -2.41. The summed E-state index contributed by atoms with van der Waals surface area (Å²) in [6, 6.07) is 5.42. The van der Waals surface area contributed by atoms with Gasteiger partial charge in [0.05, 0.1) is 11.2 Å². The lowest BCUT2D eigenvalue weighted by Gasteiger charge is -2.32. The highest BCUT2D eigenvalue weighted by Gasteiger charge is 2.52. The second-order valence-corrected chi connectivity index (χ2v) is 8.30. The zero-order chi connectivity index (χ0) is 18.1. The number of aromatic hydroxyl groups is 1. The first-order valence-electron chi connectivity index (χ1n) is 8.01. The molecule has 130 valence electrons. The lowest BCUT2D eigenvalue weighted by atomic mass is 9.78. The molecule has 1 aromatic carbocycles. The number of rotatable bonds is 4. The van der Waals surface area contributed by atoms with Crippen molar-refractivity contribution < 1.29 is 19.2 Å². The SMILES string of the molecule is CC(=O)SCC(=Cc1cc(C)ccc1O)B1OC(C)(C)C(C)(C)O1. The zero-order valence-corrected chi connectivity index (χ0v) is 16.0. The molecular formula is C18H25BO4S. The van der Waals surface area contributed by atoms with Crippen molar-refractivity contribution in [2.24, 2.45) is 0 Å². The van der Waals surface area contributed by atoms with Crippen molar-refractivity contribution in [3.63, 3.8) is 0 Å². The Labute approximate surface area is 148 Å². The highest BCUT2D eigenvalue weighted by Crippen LogP contribution is 2.39. The number of hydrogen-bond acceptors (Lipinski definition) is 5. The molecule has 2 rings (SSSR count). The van der Waals surface area contributed by atoms with E-state index in [1.54, 1.807) is 6.07 Å². The number of aryl methyl sites for hydroxylation is 1. The Bertz CT molecular complexity index is 651. The number of thioether (sulfide) groups is 1.